The van der Waals surface area contributed by atoms with Gasteiger partial charge >= 0.3 is 0 Å². The number of nitrogens with one attached hydrogen (secondary N) is 1. The summed E-state index contributed by atoms with van der Waals surface area (Å²) in [5.41, 5.74) is 1.91. The van der Waals surface area contributed by atoms with E-state index in [-0.39, 0.29) is 17.6 Å². The van der Waals surface area contributed by atoms with Gasteiger partial charge in [-0.05, 0) is 42.4 Å². The average Bonchev–Trinajstić information content (AvgIpc) is 3.17. The van der Waals surface area contributed by atoms with Crippen molar-refractivity contribution in [1.82, 2.24) is 15.1 Å². The van der Waals surface area contributed by atoms with Crippen LogP contribution in [0.5, 0.6) is 0 Å². The highest BCUT2D eigenvalue weighted by Gasteiger charge is 2.25. The average molecular weight is 388 g/mol. The van der Waals surface area contributed by atoms with Gasteiger partial charge in [0.2, 0.25) is 0 Å². The number of hydrogen-bond acceptors (Lipinski definition) is 6. The molecule has 0 radical (unpaired) electrons. The number of nitrogens with zero attached hydrogens (tertiary/aromatic N) is 3. The molecule has 0 bridgehead atoms. The van der Waals surface area contributed by atoms with E-state index in [1.807, 2.05) is 5.38 Å². The van der Waals surface area contributed by atoms with Crippen molar-refractivity contribution in [1.29, 1.82) is 0 Å². The monoisotopic (exact) mass is 388 g/mol. The van der Waals surface area contributed by atoms with E-state index in [0.29, 0.717) is 17.7 Å². The molecule has 8 heteroatoms. The number of piperazine rings is 1. The fraction of sp³-hybridized carbons (Fsp3) is 0.421. The van der Waals surface area contributed by atoms with Gasteiger partial charge in [0.1, 0.15) is 0 Å². The quantitative estimate of drug-likeness (QED) is 0.608. The maximum Gasteiger partial charge on any atom is 0.273 e. The molecule has 1 atom stereocenters. The largest absolute Gasteiger partial charge is 0.350 e. The molecule has 0 spiro atoms. The minimum atomic E-state index is -0.454. The molecule has 1 N–H and O–H groups in total. The van der Waals surface area contributed by atoms with Crippen LogP contribution >= 0.6 is 11.3 Å². The van der Waals surface area contributed by atoms with Crippen molar-refractivity contribution in [2.75, 3.05) is 39.8 Å². The molecule has 2 heterocycles. The van der Waals surface area contributed by atoms with Gasteiger partial charge in [0.05, 0.1) is 11.0 Å². The molecular weight excluding hydrogens is 364 g/mol. The van der Waals surface area contributed by atoms with Gasteiger partial charge in [-0.1, -0.05) is 6.07 Å². The maximum absolute atomic E-state index is 12.7. The van der Waals surface area contributed by atoms with Crippen molar-refractivity contribution in [2.24, 2.45) is 0 Å². The zero-order chi connectivity index (χ0) is 19.4. The van der Waals surface area contributed by atoms with Gasteiger partial charge in [-0.3, -0.25) is 19.8 Å². The summed E-state index contributed by atoms with van der Waals surface area (Å²) in [5, 5.41) is 18.3. The topological polar surface area (TPSA) is 78.7 Å². The molecule has 2 aromatic rings. The van der Waals surface area contributed by atoms with Gasteiger partial charge in [0.25, 0.3) is 11.6 Å². The van der Waals surface area contributed by atoms with E-state index in [4.69, 9.17) is 0 Å². The summed E-state index contributed by atoms with van der Waals surface area (Å²) in [4.78, 5) is 28.0. The van der Waals surface area contributed by atoms with Crippen LogP contribution in [-0.2, 0) is 0 Å². The number of carbonyl (C=O) groups excluding carboxylic acids is 1. The molecule has 1 aromatic carbocycles. The number of amides is 1. The van der Waals surface area contributed by atoms with Gasteiger partial charge in [-0.2, -0.15) is 11.3 Å². The second-order valence-electron chi connectivity index (χ2n) is 6.83. The van der Waals surface area contributed by atoms with E-state index in [2.05, 4.69) is 33.6 Å². The minimum absolute atomic E-state index is 0.0314. The Balaban J connectivity index is 1.73. The number of rotatable bonds is 6. The summed E-state index contributed by atoms with van der Waals surface area (Å²) in [6.07, 6.45) is 0. The second-order valence-corrected chi connectivity index (χ2v) is 7.61. The first-order valence-electron chi connectivity index (χ1n) is 8.94. The van der Waals surface area contributed by atoms with Crippen LogP contribution in [0.3, 0.4) is 0 Å². The highest BCUT2D eigenvalue weighted by Crippen LogP contribution is 2.25. The van der Waals surface area contributed by atoms with E-state index in [1.165, 1.54) is 11.6 Å². The third-order valence-electron chi connectivity index (χ3n) is 5.11. The first-order chi connectivity index (χ1) is 13.0. The molecule has 7 nitrogen and oxygen atoms in total. The molecule has 0 aliphatic carbocycles. The lowest BCUT2D eigenvalue weighted by molar-refractivity contribution is -0.385. The number of likely N-dealkylation sites (N-methyl/N-ethyl adjacent to an activating group) is 1. The SMILES string of the molecule is Cc1c(C(=O)NCC(c2ccsc2)N2CCN(C)CC2)cccc1[N+](=O)[O-]. The predicted octanol–water partition coefficient (Wildman–Crippen LogP) is 2.68. The Bertz CT molecular complexity index is 801. The number of thiophene rings is 1. The van der Waals surface area contributed by atoms with E-state index in [9.17, 15) is 14.9 Å². The lowest BCUT2D eigenvalue weighted by Gasteiger charge is -2.38. The summed E-state index contributed by atoms with van der Waals surface area (Å²) in [6.45, 7) is 5.98. The molecule has 1 aliphatic heterocycles. The smallest absolute Gasteiger partial charge is 0.273 e. The van der Waals surface area contributed by atoms with Gasteiger partial charge < -0.3 is 10.2 Å². The Morgan fingerprint density at radius 1 is 1.30 bits per heavy atom. The molecule has 1 aliphatic rings. The molecule has 3 rings (SSSR count). The van der Waals surface area contributed by atoms with Gasteiger partial charge in [0, 0.05) is 49.9 Å². The Morgan fingerprint density at radius 2 is 2.04 bits per heavy atom. The van der Waals surface area contributed by atoms with Gasteiger partial charge in [-0.15, -0.1) is 0 Å². The van der Waals surface area contributed by atoms with Crippen LogP contribution in [0.1, 0.15) is 27.5 Å². The van der Waals surface area contributed by atoms with Crippen LogP contribution < -0.4 is 5.32 Å². The summed E-state index contributed by atoms with van der Waals surface area (Å²) >= 11 is 1.65. The number of carbonyl (C=O) groups is 1. The maximum atomic E-state index is 12.7. The van der Waals surface area contributed by atoms with Crippen molar-refractivity contribution in [3.63, 3.8) is 0 Å². The Kier molecular flexibility index (Phi) is 6.20. The van der Waals surface area contributed by atoms with Gasteiger partial charge in [-0.25, -0.2) is 0 Å². The van der Waals surface area contributed by atoms with Crippen molar-refractivity contribution in [3.05, 3.63) is 61.8 Å². The Morgan fingerprint density at radius 3 is 2.67 bits per heavy atom. The van der Waals surface area contributed by atoms with Crippen LogP contribution in [0.2, 0.25) is 0 Å². The standard InChI is InChI=1S/C19H24N4O3S/c1-14-16(4-3-5-17(14)23(25)26)19(24)20-12-18(15-6-11-27-13-15)22-9-7-21(2)8-10-22/h3-6,11,13,18H,7-10,12H2,1-2H3,(H,20,24). The summed E-state index contributed by atoms with van der Waals surface area (Å²) in [5.74, 6) is -0.273. The summed E-state index contributed by atoms with van der Waals surface area (Å²) in [6, 6.07) is 6.81. The van der Waals surface area contributed by atoms with Crippen molar-refractivity contribution in [2.45, 2.75) is 13.0 Å². The third kappa shape index (κ3) is 4.52. The van der Waals surface area contributed by atoms with Crippen LogP contribution in [0.25, 0.3) is 0 Å². The van der Waals surface area contributed by atoms with Crippen LogP contribution in [0.15, 0.2) is 35.0 Å². The van der Waals surface area contributed by atoms with E-state index < -0.39 is 4.92 Å². The fourth-order valence-electron chi connectivity index (χ4n) is 3.41. The van der Waals surface area contributed by atoms with Gasteiger partial charge in [0.15, 0.2) is 0 Å². The molecule has 1 fully saturated rings. The molecule has 1 unspecified atom stereocenters. The fourth-order valence-corrected chi connectivity index (χ4v) is 4.11. The number of nitro benzene ring substituents is 1. The number of benzene rings is 1. The number of hydrogen-bond donors (Lipinski definition) is 1. The minimum Gasteiger partial charge on any atom is -0.350 e. The van der Waals surface area contributed by atoms with Crippen molar-refractivity contribution in [3.8, 4) is 0 Å². The molecule has 27 heavy (non-hydrogen) atoms. The number of nitro groups is 1. The molecule has 1 aromatic heterocycles. The zero-order valence-electron chi connectivity index (χ0n) is 15.6. The zero-order valence-corrected chi connectivity index (χ0v) is 16.4. The molecule has 1 saturated heterocycles. The van der Waals surface area contributed by atoms with Crippen molar-refractivity contribution < 1.29 is 9.72 Å². The third-order valence-corrected chi connectivity index (χ3v) is 5.81. The summed E-state index contributed by atoms with van der Waals surface area (Å²) in [7, 11) is 2.11. The second kappa shape index (κ2) is 8.60. The Hall–Kier alpha value is -2.29. The van der Waals surface area contributed by atoms with E-state index in [0.717, 1.165) is 26.2 Å². The van der Waals surface area contributed by atoms with Crippen LogP contribution in [0, 0.1) is 17.0 Å². The van der Waals surface area contributed by atoms with Crippen molar-refractivity contribution >= 4 is 22.9 Å². The van der Waals surface area contributed by atoms with E-state index >= 15 is 0 Å². The Labute approximate surface area is 162 Å². The first kappa shape index (κ1) is 19.5. The molecule has 1 amide bonds. The normalized spacial score (nSPS) is 16.8. The highest BCUT2D eigenvalue weighted by molar-refractivity contribution is 7.07. The first-order valence-corrected chi connectivity index (χ1v) is 9.88. The lowest BCUT2D eigenvalue weighted by atomic mass is 10.0. The highest BCUT2D eigenvalue weighted by atomic mass is 32.1. The summed E-state index contributed by atoms with van der Waals surface area (Å²) < 4.78 is 0. The van der Waals surface area contributed by atoms with Crippen LogP contribution in [-0.4, -0.2) is 60.4 Å². The molecular formula is C19H24N4O3S. The lowest BCUT2D eigenvalue weighted by Crippen LogP contribution is -2.48. The van der Waals surface area contributed by atoms with E-state index in [1.54, 1.807) is 30.4 Å². The predicted molar refractivity (Wildman–Crippen MR) is 106 cm³/mol. The molecule has 144 valence electrons. The van der Waals surface area contributed by atoms with Crippen LogP contribution in [0.4, 0.5) is 5.69 Å². The molecule has 0 saturated carbocycles.